The van der Waals surface area contributed by atoms with Crippen LogP contribution in [0.5, 0.6) is 0 Å². The Kier molecular flexibility index (Phi) is 5.56. The SMILES string of the molecule is O=C(OCc1ccccc1)SN1CCC[C@H]1C(=O)N1CCCC1. The van der Waals surface area contributed by atoms with Gasteiger partial charge in [-0.05, 0) is 31.2 Å². The van der Waals surface area contributed by atoms with E-state index in [-0.39, 0.29) is 23.9 Å². The average Bonchev–Trinajstić information content (AvgIpc) is 3.25. The summed E-state index contributed by atoms with van der Waals surface area (Å²) in [6.07, 6.45) is 3.95. The second-order valence-corrected chi connectivity index (χ2v) is 6.93. The fraction of sp³-hybridized carbons (Fsp3) is 0.529. The molecule has 5 nitrogen and oxygen atoms in total. The van der Waals surface area contributed by atoms with Crippen LogP contribution in [0, 0.1) is 0 Å². The molecule has 3 rings (SSSR count). The molecule has 1 aromatic carbocycles. The van der Waals surface area contributed by atoms with Gasteiger partial charge < -0.3 is 9.64 Å². The predicted molar refractivity (Wildman–Crippen MR) is 89.8 cm³/mol. The van der Waals surface area contributed by atoms with Crippen molar-refractivity contribution in [2.24, 2.45) is 0 Å². The van der Waals surface area contributed by atoms with E-state index < -0.39 is 0 Å². The van der Waals surface area contributed by atoms with Gasteiger partial charge in [0.25, 0.3) is 0 Å². The molecule has 0 unspecified atom stereocenters. The number of likely N-dealkylation sites (tertiary alicyclic amines) is 1. The summed E-state index contributed by atoms with van der Waals surface area (Å²) in [6.45, 7) is 2.74. The zero-order chi connectivity index (χ0) is 16.1. The molecule has 0 bridgehead atoms. The lowest BCUT2D eigenvalue weighted by atomic mass is 10.2. The monoisotopic (exact) mass is 334 g/mol. The number of carbonyl (C=O) groups is 2. The van der Waals surface area contributed by atoms with Crippen LogP contribution < -0.4 is 0 Å². The first kappa shape index (κ1) is 16.3. The summed E-state index contributed by atoms with van der Waals surface area (Å²) in [7, 11) is 0. The predicted octanol–water partition coefficient (Wildman–Crippen LogP) is 3.06. The normalized spacial score (nSPS) is 21.6. The summed E-state index contributed by atoms with van der Waals surface area (Å²) in [5.41, 5.74) is 0.965. The molecule has 2 heterocycles. The van der Waals surface area contributed by atoms with E-state index in [1.807, 2.05) is 39.5 Å². The molecule has 2 aliphatic rings. The number of hydrogen-bond donors (Lipinski definition) is 0. The number of hydrogen-bond acceptors (Lipinski definition) is 5. The Bertz CT molecular complexity index is 546. The van der Waals surface area contributed by atoms with Crippen molar-refractivity contribution >= 4 is 23.2 Å². The zero-order valence-corrected chi connectivity index (χ0v) is 14.0. The van der Waals surface area contributed by atoms with Crippen LogP contribution in [0.1, 0.15) is 31.2 Å². The minimum atomic E-state index is -0.338. The molecule has 0 saturated carbocycles. The van der Waals surface area contributed by atoms with Crippen LogP contribution in [0.4, 0.5) is 4.79 Å². The molecule has 0 radical (unpaired) electrons. The molecule has 0 spiro atoms. The maximum atomic E-state index is 12.5. The van der Waals surface area contributed by atoms with Crippen LogP contribution in [0.2, 0.25) is 0 Å². The largest absolute Gasteiger partial charge is 0.452 e. The highest BCUT2D eigenvalue weighted by atomic mass is 32.2. The van der Waals surface area contributed by atoms with Crippen molar-refractivity contribution in [3.8, 4) is 0 Å². The van der Waals surface area contributed by atoms with Crippen LogP contribution in [0.25, 0.3) is 0 Å². The van der Waals surface area contributed by atoms with Gasteiger partial charge in [-0.3, -0.25) is 4.79 Å². The van der Waals surface area contributed by atoms with Gasteiger partial charge in [-0.2, -0.15) is 0 Å². The molecular weight excluding hydrogens is 312 g/mol. The quantitative estimate of drug-likeness (QED) is 0.626. The topological polar surface area (TPSA) is 49.9 Å². The Morgan fingerprint density at radius 3 is 2.57 bits per heavy atom. The Balaban J connectivity index is 1.49. The lowest BCUT2D eigenvalue weighted by Gasteiger charge is -2.25. The van der Waals surface area contributed by atoms with Gasteiger partial charge in [0.1, 0.15) is 6.61 Å². The smallest absolute Gasteiger partial charge is 0.383 e. The molecule has 0 aromatic heterocycles. The summed E-state index contributed by atoms with van der Waals surface area (Å²) < 4.78 is 7.20. The van der Waals surface area contributed by atoms with Gasteiger partial charge in [0.2, 0.25) is 5.91 Å². The zero-order valence-electron chi connectivity index (χ0n) is 13.1. The van der Waals surface area contributed by atoms with Crippen molar-refractivity contribution in [1.82, 2.24) is 9.21 Å². The first-order valence-electron chi connectivity index (χ1n) is 8.18. The van der Waals surface area contributed by atoms with Crippen LogP contribution >= 0.6 is 11.9 Å². The van der Waals surface area contributed by atoms with E-state index in [9.17, 15) is 9.59 Å². The first-order chi connectivity index (χ1) is 11.2. The van der Waals surface area contributed by atoms with Crippen LogP contribution in [0.15, 0.2) is 30.3 Å². The summed E-state index contributed by atoms with van der Waals surface area (Å²) in [6, 6.07) is 9.44. The number of carbonyl (C=O) groups excluding carboxylic acids is 2. The molecule has 0 aliphatic carbocycles. The van der Waals surface area contributed by atoms with E-state index in [0.717, 1.165) is 62.8 Å². The van der Waals surface area contributed by atoms with Gasteiger partial charge in [0.05, 0.1) is 6.04 Å². The first-order valence-corrected chi connectivity index (χ1v) is 8.95. The van der Waals surface area contributed by atoms with E-state index in [4.69, 9.17) is 4.74 Å². The van der Waals surface area contributed by atoms with Crippen molar-refractivity contribution in [3.63, 3.8) is 0 Å². The number of nitrogens with zero attached hydrogens (tertiary/aromatic N) is 2. The molecule has 2 saturated heterocycles. The summed E-state index contributed by atoms with van der Waals surface area (Å²) in [4.78, 5) is 26.5. The molecule has 124 valence electrons. The lowest BCUT2D eigenvalue weighted by molar-refractivity contribution is -0.133. The molecule has 2 aliphatic heterocycles. The van der Waals surface area contributed by atoms with Crippen LogP contribution in [-0.4, -0.2) is 46.1 Å². The van der Waals surface area contributed by atoms with Crippen molar-refractivity contribution in [1.29, 1.82) is 0 Å². The van der Waals surface area contributed by atoms with E-state index in [1.165, 1.54) is 0 Å². The maximum absolute atomic E-state index is 12.5. The third-order valence-electron chi connectivity index (χ3n) is 4.30. The van der Waals surface area contributed by atoms with Crippen molar-refractivity contribution in [3.05, 3.63) is 35.9 Å². The third kappa shape index (κ3) is 4.26. The number of ether oxygens (including phenoxy) is 1. The van der Waals surface area contributed by atoms with Gasteiger partial charge in [-0.15, -0.1) is 0 Å². The summed E-state index contributed by atoms with van der Waals surface area (Å²) >= 11 is 1.05. The van der Waals surface area contributed by atoms with Crippen molar-refractivity contribution < 1.29 is 14.3 Å². The summed E-state index contributed by atoms with van der Waals surface area (Å²) in [5.74, 6) is 0.170. The average molecular weight is 334 g/mol. The van der Waals surface area contributed by atoms with Crippen molar-refractivity contribution in [2.75, 3.05) is 19.6 Å². The molecule has 6 heteroatoms. The Labute approximate surface area is 141 Å². The van der Waals surface area contributed by atoms with E-state index in [2.05, 4.69) is 0 Å². The van der Waals surface area contributed by atoms with E-state index in [0.29, 0.717) is 0 Å². The molecule has 1 amide bonds. The van der Waals surface area contributed by atoms with Crippen molar-refractivity contribution in [2.45, 2.75) is 38.3 Å². The van der Waals surface area contributed by atoms with Gasteiger partial charge >= 0.3 is 5.30 Å². The minimum absolute atomic E-state index is 0.170. The van der Waals surface area contributed by atoms with Crippen LogP contribution in [-0.2, 0) is 16.1 Å². The van der Waals surface area contributed by atoms with Gasteiger partial charge in [0, 0.05) is 31.6 Å². The van der Waals surface area contributed by atoms with Crippen LogP contribution in [0.3, 0.4) is 0 Å². The molecular formula is C17H22N2O3S. The Morgan fingerprint density at radius 2 is 1.83 bits per heavy atom. The minimum Gasteiger partial charge on any atom is -0.452 e. The summed E-state index contributed by atoms with van der Waals surface area (Å²) in [5, 5.41) is -0.338. The lowest BCUT2D eigenvalue weighted by Crippen LogP contribution is -2.42. The fourth-order valence-electron chi connectivity index (χ4n) is 3.08. The van der Waals surface area contributed by atoms with Gasteiger partial charge in [-0.1, -0.05) is 30.3 Å². The Morgan fingerprint density at radius 1 is 1.09 bits per heavy atom. The van der Waals surface area contributed by atoms with E-state index in [1.54, 1.807) is 0 Å². The molecule has 0 N–H and O–H groups in total. The number of rotatable bonds is 4. The highest BCUT2D eigenvalue weighted by Gasteiger charge is 2.36. The molecule has 1 atom stereocenters. The highest BCUT2D eigenvalue weighted by Crippen LogP contribution is 2.29. The number of amides is 1. The second-order valence-electron chi connectivity index (χ2n) is 5.95. The fourth-order valence-corrected chi connectivity index (χ4v) is 3.93. The second kappa shape index (κ2) is 7.84. The van der Waals surface area contributed by atoms with Gasteiger partial charge in [0.15, 0.2) is 0 Å². The van der Waals surface area contributed by atoms with E-state index >= 15 is 0 Å². The molecule has 1 aromatic rings. The van der Waals surface area contributed by atoms with Gasteiger partial charge in [-0.25, -0.2) is 9.10 Å². The third-order valence-corrected chi connectivity index (χ3v) is 5.24. The standard InChI is InChI=1S/C17H22N2O3S/c20-16(18-10-4-5-11-18)15-9-6-12-19(15)23-17(21)22-13-14-7-2-1-3-8-14/h1-3,7-8,15H,4-6,9-13H2/t15-/m0/s1. The Hall–Kier alpha value is -1.53. The number of benzene rings is 1. The molecule has 23 heavy (non-hydrogen) atoms. The molecule has 2 fully saturated rings. The highest BCUT2D eigenvalue weighted by molar-refractivity contribution is 8.11. The maximum Gasteiger partial charge on any atom is 0.383 e.